The molecular weight excluding hydrogens is 186 g/mol. The smallest absolute Gasteiger partial charge is 0.235 e. The first-order chi connectivity index (χ1) is 6.02. The first kappa shape index (κ1) is 10.9. The third-order valence-electron chi connectivity index (χ3n) is 2.36. The number of rotatable bonds is 2. The first-order valence-corrected chi connectivity index (χ1v) is 5.19. The Balaban J connectivity index is 2.48. The fourth-order valence-electron chi connectivity index (χ4n) is 1.41. The molecule has 76 valence electrons. The van der Waals surface area contributed by atoms with Crippen molar-refractivity contribution in [3.63, 3.8) is 0 Å². The minimum atomic E-state index is -0.336. The molecular formula is C9H17NO2S. The maximum atomic E-state index is 11.7. The van der Waals surface area contributed by atoms with Crippen LogP contribution in [-0.2, 0) is 4.79 Å². The van der Waals surface area contributed by atoms with E-state index in [0.717, 1.165) is 0 Å². The highest BCUT2D eigenvalue weighted by Crippen LogP contribution is 2.16. The molecule has 0 aliphatic carbocycles. The number of likely N-dealkylation sites (tertiary alicyclic amines) is 1. The van der Waals surface area contributed by atoms with E-state index in [1.54, 1.807) is 4.90 Å². The predicted octanol–water partition coefficient (Wildman–Crippen LogP) is 0.534. The summed E-state index contributed by atoms with van der Waals surface area (Å²) in [5.74, 6) is 0.295. The minimum absolute atomic E-state index is 0.0508. The molecule has 1 aliphatic heterocycles. The molecule has 0 spiro atoms. The number of hydrogen-bond donors (Lipinski definition) is 2. The van der Waals surface area contributed by atoms with E-state index < -0.39 is 0 Å². The SMILES string of the molecule is CC(C)C(S)C(=O)N1CCC(O)C1. The predicted molar refractivity (Wildman–Crippen MR) is 54.8 cm³/mol. The molecule has 1 N–H and O–H groups in total. The zero-order valence-electron chi connectivity index (χ0n) is 8.10. The van der Waals surface area contributed by atoms with Crippen molar-refractivity contribution >= 4 is 18.5 Å². The Kier molecular flexibility index (Phi) is 3.62. The number of amides is 1. The van der Waals surface area contributed by atoms with E-state index in [0.29, 0.717) is 19.5 Å². The summed E-state index contributed by atoms with van der Waals surface area (Å²) < 4.78 is 0. The molecule has 1 amide bonds. The number of β-amino-alcohol motifs (C(OH)–C–C–N with tert-alkyl or cyclic N) is 1. The Labute approximate surface area is 84.5 Å². The summed E-state index contributed by atoms with van der Waals surface area (Å²) >= 11 is 4.25. The number of nitrogens with zero attached hydrogens (tertiary/aromatic N) is 1. The van der Waals surface area contributed by atoms with Gasteiger partial charge < -0.3 is 10.0 Å². The van der Waals surface area contributed by atoms with Crippen molar-refractivity contribution in [2.75, 3.05) is 13.1 Å². The Morgan fingerprint density at radius 3 is 2.62 bits per heavy atom. The van der Waals surface area contributed by atoms with E-state index in [4.69, 9.17) is 0 Å². The summed E-state index contributed by atoms with van der Waals surface area (Å²) in [6, 6.07) is 0. The molecule has 0 aromatic heterocycles. The third kappa shape index (κ3) is 2.61. The van der Waals surface area contributed by atoms with Gasteiger partial charge in [0.15, 0.2) is 0 Å². The van der Waals surface area contributed by atoms with Gasteiger partial charge in [-0.3, -0.25) is 4.79 Å². The van der Waals surface area contributed by atoms with E-state index in [9.17, 15) is 9.90 Å². The molecule has 1 rings (SSSR count). The van der Waals surface area contributed by atoms with Gasteiger partial charge in [-0.05, 0) is 12.3 Å². The molecule has 1 heterocycles. The van der Waals surface area contributed by atoms with Gasteiger partial charge in [0.25, 0.3) is 0 Å². The van der Waals surface area contributed by atoms with Crippen molar-refractivity contribution in [2.24, 2.45) is 5.92 Å². The molecule has 0 aromatic rings. The average Bonchev–Trinajstić information content (AvgIpc) is 2.49. The summed E-state index contributed by atoms with van der Waals surface area (Å²) in [6.45, 7) is 5.09. The van der Waals surface area contributed by atoms with Gasteiger partial charge in [0, 0.05) is 13.1 Å². The van der Waals surface area contributed by atoms with Crippen LogP contribution in [0.15, 0.2) is 0 Å². The highest BCUT2D eigenvalue weighted by molar-refractivity contribution is 7.81. The first-order valence-electron chi connectivity index (χ1n) is 4.67. The standard InChI is InChI=1S/C9H17NO2S/c1-6(2)8(13)9(12)10-4-3-7(11)5-10/h6-8,11,13H,3-5H2,1-2H3. The lowest BCUT2D eigenvalue weighted by Crippen LogP contribution is -2.37. The topological polar surface area (TPSA) is 40.5 Å². The van der Waals surface area contributed by atoms with Crippen molar-refractivity contribution < 1.29 is 9.90 Å². The van der Waals surface area contributed by atoms with E-state index in [1.165, 1.54) is 0 Å². The maximum Gasteiger partial charge on any atom is 0.235 e. The van der Waals surface area contributed by atoms with Crippen molar-refractivity contribution in [3.05, 3.63) is 0 Å². The van der Waals surface area contributed by atoms with Crippen LogP contribution in [0.3, 0.4) is 0 Å². The highest BCUT2D eigenvalue weighted by Gasteiger charge is 2.29. The number of thiol groups is 1. The summed E-state index contributed by atoms with van der Waals surface area (Å²) in [4.78, 5) is 13.4. The van der Waals surface area contributed by atoms with Crippen molar-refractivity contribution in [3.8, 4) is 0 Å². The van der Waals surface area contributed by atoms with Crippen molar-refractivity contribution in [1.82, 2.24) is 4.90 Å². The van der Waals surface area contributed by atoms with Gasteiger partial charge in [0.2, 0.25) is 5.91 Å². The Morgan fingerprint density at radius 2 is 2.23 bits per heavy atom. The van der Waals surface area contributed by atoms with Crippen LogP contribution < -0.4 is 0 Å². The van der Waals surface area contributed by atoms with Crippen LogP contribution in [0.1, 0.15) is 20.3 Å². The molecule has 0 bridgehead atoms. The van der Waals surface area contributed by atoms with E-state index in [2.05, 4.69) is 12.6 Å². The molecule has 1 aliphatic rings. The van der Waals surface area contributed by atoms with Crippen LogP contribution in [0.25, 0.3) is 0 Å². The zero-order valence-corrected chi connectivity index (χ0v) is 9.00. The zero-order chi connectivity index (χ0) is 10.0. The molecule has 13 heavy (non-hydrogen) atoms. The second kappa shape index (κ2) is 4.33. The third-order valence-corrected chi connectivity index (χ3v) is 3.18. The van der Waals surface area contributed by atoms with Crippen molar-refractivity contribution in [1.29, 1.82) is 0 Å². The largest absolute Gasteiger partial charge is 0.391 e. The lowest BCUT2D eigenvalue weighted by Gasteiger charge is -2.21. The van der Waals surface area contributed by atoms with Gasteiger partial charge in [0.1, 0.15) is 0 Å². The molecule has 0 saturated carbocycles. The summed E-state index contributed by atoms with van der Waals surface area (Å²) in [7, 11) is 0. The van der Waals surface area contributed by atoms with Gasteiger partial charge in [0.05, 0.1) is 11.4 Å². The molecule has 2 unspecified atom stereocenters. The minimum Gasteiger partial charge on any atom is -0.391 e. The Bertz CT molecular complexity index is 196. The highest BCUT2D eigenvalue weighted by atomic mass is 32.1. The average molecular weight is 203 g/mol. The van der Waals surface area contributed by atoms with Crippen LogP contribution in [0.2, 0.25) is 0 Å². The second-order valence-electron chi connectivity index (χ2n) is 3.92. The number of aliphatic hydroxyl groups excluding tert-OH is 1. The van der Waals surface area contributed by atoms with Gasteiger partial charge in [-0.15, -0.1) is 0 Å². The molecule has 1 saturated heterocycles. The van der Waals surface area contributed by atoms with Gasteiger partial charge in [-0.1, -0.05) is 13.8 Å². The number of aliphatic hydroxyl groups is 1. The van der Waals surface area contributed by atoms with Crippen molar-refractivity contribution in [2.45, 2.75) is 31.6 Å². The van der Waals surface area contributed by atoms with Crippen LogP contribution in [-0.4, -0.2) is 40.4 Å². The van der Waals surface area contributed by atoms with Crippen LogP contribution >= 0.6 is 12.6 Å². The maximum absolute atomic E-state index is 11.7. The molecule has 1 fully saturated rings. The van der Waals surface area contributed by atoms with Crippen LogP contribution in [0.5, 0.6) is 0 Å². The quantitative estimate of drug-likeness (QED) is 0.643. The lowest BCUT2D eigenvalue weighted by atomic mass is 10.1. The fraction of sp³-hybridized carbons (Fsp3) is 0.889. The van der Waals surface area contributed by atoms with E-state index >= 15 is 0 Å². The normalized spacial score (nSPS) is 25.3. The van der Waals surface area contributed by atoms with E-state index in [-0.39, 0.29) is 23.2 Å². The van der Waals surface area contributed by atoms with Crippen LogP contribution in [0.4, 0.5) is 0 Å². The fourth-order valence-corrected chi connectivity index (χ4v) is 1.58. The Morgan fingerprint density at radius 1 is 1.62 bits per heavy atom. The van der Waals surface area contributed by atoms with Gasteiger partial charge in [-0.2, -0.15) is 12.6 Å². The number of hydrogen-bond acceptors (Lipinski definition) is 3. The summed E-state index contributed by atoms with van der Waals surface area (Å²) in [5.41, 5.74) is 0. The van der Waals surface area contributed by atoms with Gasteiger partial charge >= 0.3 is 0 Å². The molecule has 4 heteroatoms. The van der Waals surface area contributed by atoms with Gasteiger partial charge in [-0.25, -0.2) is 0 Å². The second-order valence-corrected chi connectivity index (χ2v) is 4.47. The molecule has 0 aromatic carbocycles. The summed E-state index contributed by atoms with van der Waals surface area (Å²) in [5, 5.41) is 9.02. The number of carbonyl (C=O) groups is 1. The Hall–Kier alpha value is -0.220. The van der Waals surface area contributed by atoms with Crippen LogP contribution in [0, 0.1) is 5.92 Å². The molecule has 2 atom stereocenters. The summed E-state index contributed by atoms with van der Waals surface area (Å²) in [6.07, 6.45) is 0.362. The lowest BCUT2D eigenvalue weighted by molar-refractivity contribution is -0.130. The monoisotopic (exact) mass is 203 g/mol. The number of carbonyl (C=O) groups excluding carboxylic acids is 1. The molecule has 0 radical (unpaired) electrons. The molecule has 3 nitrogen and oxygen atoms in total. The van der Waals surface area contributed by atoms with E-state index in [1.807, 2.05) is 13.8 Å².